The maximum absolute atomic E-state index is 13.6. The molecule has 2 atom stereocenters. The fraction of sp³-hybridized carbons (Fsp3) is 0.529. The van der Waals surface area contributed by atoms with Crippen molar-refractivity contribution in [3.8, 4) is 0 Å². The molecule has 1 aliphatic carbocycles. The molecule has 2 rings (SSSR count). The van der Waals surface area contributed by atoms with Crippen LogP contribution in [0.5, 0.6) is 0 Å². The molecule has 3 N–H and O–H groups in total. The molecule has 1 saturated carbocycles. The molecule has 0 aromatic heterocycles. The first-order valence-electron chi connectivity index (χ1n) is 8.14. The lowest BCUT2D eigenvalue weighted by atomic mass is 9.64. The van der Waals surface area contributed by atoms with Gasteiger partial charge in [-0.15, -0.1) is 0 Å². The Balaban J connectivity index is 1.87. The Morgan fingerprint density at radius 3 is 2.58 bits per heavy atom. The van der Waals surface area contributed by atoms with Crippen LogP contribution in [0, 0.1) is 22.9 Å². The maximum atomic E-state index is 13.6. The van der Waals surface area contributed by atoms with Crippen LogP contribution in [0.25, 0.3) is 0 Å². The molecular formula is C17H23F3N4O2. The topological polar surface area (TPSA) is 74.8 Å². The van der Waals surface area contributed by atoms with Crippen molar-refractivity contribution in [1.29, 1.82) is 0 Å². The molecule has 0 bridgehead atoms. The van der Waals surface area contributed by atoms with Gasteiger partial charge in [-0.3, -0.25) is 9.79 Å². The van der Waals surface area contributed by atoms with Crippen molar-refractivity contribution in [2.24, 2.45) is 10.4 Å². The third-order valence-electron chi connectivity index (χ3n) is 4.72. The number of halogens is 3. The van der Waals surface area contributed by atoms with Crippen LogP contribution in [0.4, 0.5) is 18.9 Å². The summed E-state index contributed by atoms with van der Waals surface area (Å²) in [6.07, 6.45) is 0.939. The van der Waals surface area contributed by atoms with E-state index in [0.29, 0.717) is 5.96 Å². The Labute approximate surface area is 150 Å². The second kappa shape index (κ2) is 7.94. The van der Waals surface area contributed by atoms with Crippen molar-refractivity contribution < 1.29 is 22.7 Å². The third-order valence-corrected chi connectivity index (χ3v) is 4.72. The highest BCUT2D eigenvalue weighted by molar-refractivity contribution is 5.95. The number of nitrogens with zero attached hydrogens (tertiary/aromatic N) is 1. The van der Waals surface area contributed by atoms with Gasteiger partial charge < -0.3 is 20.7 Å². The lowest BCUT2D eigenvalue weighted by Crippen LogP contribution is -2.63. The number of aliphatic imine (C=N–C) groups is 1. The number of anilines is 1. The summed E-state index contributed by atoms with van der Waals surface area (Å²) in [5.41, 5.74) is -0.523. The molecule has 1 aliphatic rings. The monoisotopic (exact) mass is 372 g/mol. The summed E-state index contributed by atoms with van der Waals surface area (Å²) in [5, 5.41) is 8.19. The lowest BCUT2D eigenvalue weighted by molar-refractivity contribution is -0.115. The smallest absolute Gasteiger partial charge is 0.243 e. The number of methoxy groups -OCH3 is 1. The first-order valence-corrected chi connectivity index (χ1v) is 8.14. The highest BCUT2D eigenvalue weighted by atomic mass is 19.2. The van der Waals surface area contributed by atoms with E-state index in [4.69, 9.17) is 4.74 Å². The van der Waals surface area contributed by atoms with Gasteiger partial charge in [0.05, 0.1) is 18.3 Å². The van der Waals surface area contributed by atoms with E-state index in [2.05, 4.69) is 34.8 Å². The van der Waals surface area contributed by atoms with Crippen LogP contribution in [0.2, 0.25) is 0 Å². The van der Waals surface area contributed by atoms with E-state index >= 15 is 0 Å². The van der Waals surface area contributed by atoms with Gasteiger partial charge in [-0.1, -0.05) is 13.8 Å². The van der Waals surface area contributed by atoms with Crippen LogP contribution in [0.15, 0.2) is 17.1 Å². The fourth-order valence-electron chi connectivity index (χ4n) is 2.87. The van der Waals surface area contributed by atoms with Gasteiger partial charge in [0.1, 0.15) is 0 Å². The number of ether oxygens (including phenoxy) is 1. The zero-order valence-corrected chi connectivity index (χ0v) is 15.1. The molecule has 1 fully saturated rings. The molecule has 6 nitrogen and oxygen atoms in total. The normalized spacial score (nSPS) is 21.7. The number of hydrogen-bond acceptors (Lipinski definition) is 3. The summed E-state index contributed by atoms with van der Waals surface area (Å²) >= 11 is 0. The van der Waals surface area contributed by atoms with E-state index in [1.807, 2.05) is 0 Å². The summed E-state index contributed by atoms with van der Waals surface area (Å²) in [6, 6.07) is 1.82. The van der Waals surface area contributed by atoms with Gasteiger partial charge in [0, 0.05) is 25.6 Å². The Kier molecular flexibility index (Phi) is 6.12. The van der Waals surface area contributed by atoms with E-state index in [1.165, 1.54) is 0 Å². The quantitative estimate of drug-likeness (QED) is 0.420. The second-order valence-corrected chi connectivity index (χ2v) is 6.68. The van der Waals surface area contributed by atoms with Crippen LogP contribution in [-0.2, 0) is 9.53 Å². The molecule has 0 saturated heterocycles. The average molecular weight is 372 g/mol. The van der Waals surface area contributed by atoms with Gasteiger partial charge in [-0.05, 0) is 18.6 Å². The molecule has 1 aromatic carbocycles. The Bertz CT molecular complexity index is 709. The number of amides is 1. The van der Waals surface area contributed by atoms with Gasteiger partial charge in [-0.2, -0.15) is 0 Å². The van der Waals surface area contributed by atoms with Crippen LogP contribution >= 0.6 is 0 Å². The van der Waals surface area contributed by atoms with E-state index in [1.54, 1.807) is 14.2 Å². The highest BCUT2D eigenvalue weighted by Crippen LogP contribution is 2.42. The SMILES string of the molecule is CN=C(NCC(=O)Nc1ccc(F)c(F)c1F)NC1CC(OC)C1(C)C. The van der Waals surface area contributed by atoms with Crippen LogP contribution in [0.3, 0.4) is 0 Å². The molecule has 1 amide bonds. The van der Waals surface area contributed by atoms with Gasteiger partial charge in [0.25, 0.3) is 0 Å². The molecule has 2 unspecified atom stereocenters. The number of carbonyl (C=O) groups is 1. The number of benzene rings is 1. The predicted octanol–water partition coefficient (Wildman–Crippen LogP) is 2.02. The van der Waals surface area contributed by atoms with Crippen molar-refractivity contribution in [3.05, 3.63) is 29.6 Å². The van der Waals surface area contributed by atoms with Crippen molar-refractivity contribution >= 4 is 17.6 Å². The van der Waals surface area contributed by atoms with Crippen LogP contribution in [-0.4, -0.2) is 44.7 Å². The van der Waals surface area contributed by atoms with Gasteiger partial charge in [0.2, 0.25) is 5.91 Å². The zero-order valence-electron chi connectivity index (χ0n) is 15.1. The van der Waals surface area contributed by atoms with Crippen molar-refractivity contribution in [2.75, 3.05) is 26.0 Å². The minimum absolute atomic E-state index is 0.0939. The van der Waals surface area contributed by atoms with Crippen LogP contribution in [0.1, 0.15) is 20.3 Å². The summed E-state index contributed by atoms with van der Waals surface area (Å²) in [6.45, 7) is 3.90. The number of nitrogens with one attached hydrogen (secondary N) is 3. The molecule has 9 heteroatoms. The summed E-state index contributed by atoms with van der Waals surface area (Å²) in [7, 11) is 3.22. The van der Waals surface area contributed by atoms with Crippen LogP contribution < -0.4 is 16.0 Å². The van der Waals surface area contributed by atoms with E-state index < -0.39 is 29.0 Å². The number of carbonyl (C=O) groups excluding carboxylic acids is 1. The van der Waals surface area contributed by atoms with E-state index in [0.717, 1.165) is 18.6 Å². The fourth-order valence-corrected chi connectivity index (χ4v) is 2.87. The Morgan fingerprint density at radius 1 is 1.31 bits per heavy atom. The number of rotatable bonds is 5. The molecule has 0 aliphatic heterocycles. The number of hydrogen-bond donors (Lipinski definition) is 3. The van der Waals surface area contributed by atoms with Gasteiger partial charge >= 0.3 is 0 Å². The number of guanidine groups is 1. The molecule has 0 spiro atoms. The first-order chi connectivity index (χ1) is 12.2. The van der Waals surface area contributed by atoms with Gasteiger partial charge in [-0.25, -0.2) is 13.2 Å². The predicted molar refractivity (Wildman–Crippen MR) is 92.4 cm³/mol. The minimum atomic E-state index is -1.63. The summed E-state index contributed by atoms with van der Waals surface area (Å²) < 4.78 is 45.0. The third kappa shape index (κ3) is 4.09. The maximum Gasteiger partial charge on any atom is 0.243 e. The lowest BCUT2D eigenvalue weighted by Gasteiger charge is -2.51. The molecular weight excluding hydrogens is 349 g/mol. The van der Waals surface area contributed by atoms with Crippen molar-refractivity contribution in [2.45, 2.75) is 32.4 Å². The summed E-state index contributed by atoms with van der Waals surface area (Å²) in [4.78, 5) is 16.0. The molecule has 0 heterocycles. The largest absolute Gasteiger partial charge is 0.381 e. The first kappa shape index (κ1) is 20.0. The molecule has 0 radical (unpaired) electrons. The van der Waals surface area contributed by atoms with Crippen molar-refractivity contribution in [3.63, 3.8) is 0 Å². The second-order valence-electron chi connectivity index (χ2n) is 6.68. The van der Waals surface area contributed by atoms with Gasteiger partial charge in [0.15, 0.2) is 23.4 Å². The van der Waals surface area contributed by atoms with Crippen molar-refractivity contribution in [1.82, 2.24) is 10.6 Å². The molecule has 144 valence electrons. The Morgan fingerprint density at radius 2 is 2.00 bits per heavy atom. The Hall–Kier alpha value is -2.29. The minimum Gasteiger partial charge on any atom is -0.381 e. The van der Waals surface area contributed by atoms with E-state index in [9.17, 15) is 18.0 Å². The molecule has 26 heavy (non-hydrogen) atoms. The molecule has 1 aromatic rings. The average Bonchev–Trinajstić information content (AvgIpc) is 2.61. The zero-order chi connectivity index (χ0) is 19.5. The standard InChI is InChI=1S/C17H23F3N4O2/c1-17(2)11(7-12(17)26-4)24-16(21-3)22-8-13(25)23-10-6-5-9(18)14(19)15(10)20/h5-6,11-12H,7-8H2,1-4H3,(H,23,25)(H2,21,22,24). The highest BCUT2D eigenvalue weighted by Gasteiger charge is 2.48. The van der Waals surface area contributed by atoms with E-state index in [-0.39, 0.29) is 24.1 Å². The summed E-state index contributed by atoms with van der Waals surface area (Å²) in [5.74, 6) is -4.62.